The van der Waals surface area contributed by atoms with Crippen molar-refractivity contribution in [3.63, 3.8) is 0 Å². The van der Waals surface area contributed by atoms with Gasteiger partial charge in [0.2, 0.25) is 5.91 Å². The van der Waals surface area contributed by atoms with Gasteiger partial charge in [-0.1, -0.05) is 0 Å². The monoisotopic (exact) mass is 270 g/mol. The molecule has 104 valence electrons. The Kier molecular flexibility index (Phi) is 4.26. The molecule has 1 unspecified atom stereocenters. The molecule has 2 N–H and O–H groups in total. The van der Waals surface area contributed by atoms with E-state index in [2.05, 4.69) is 15.6 Å². The van der Waals surface area contributed by atoms with Gasteiger partial charge >= 0.3 is 0 Å². The Morgan fingerprint density at radius 3 is 3.11 bits per heavy atom. The fraction of sp³-hybridized carbons (Fsp3) is 0.500. The van der Waals surface area contributed by atoms with Crippen molar-refractivity contribution in [1.82, 2.24) is 15.6 Å². The van der Waals surface area contributed by atoms with Gasteiger partial charge in [-0.25, -0.2) is 13.8 Å². The minimum Gasteiger partial charge on any atom is -0.355 e. The summed E-state index contributed by atoms with van der Waals surface area (Å²) in [7, 11) is 0. The summed E-state index contributed by atoms with van der Waals surface area (Å²) in [6.45, 7) is 3.79. The lowest BCUT2D eigenvalue weighted by Gasteiger charge is -2.36. The van der Waals surface area contributed by atoms with Crippen LogP contribution >= 0.6 is 0 Å². The predicted molar refractivity (Wildman–Crippen MR) is 66.8 cm³/mol. The van der Waals surface area contributed by atoms with Gasteiger partial charge in [0.15, 0.2) is 11.6 Å². The normalized spacial score (nSPS) is 19.3. The molecule has 1 atom stereocenters. The van der Waals surface area contributed by atoms with Crippen molar-refractivity contribution in [3.05, 3.63) is 23.9 Å². The van der Waals surface area contributed by atoms with E-state index in [0.717, 1.165) is 12.3 Å². The number of likely N-dealkylation sites (N-methyl/N-ethyl adjacent to an activating group) is 1. The quantitative estimate of drug-likeness (QED) is 0.828. The van der Waals surface area contributed by atoms with Crippen LogP contribution in [0.3, 0.4) is 0 Å². The zero-order chi connectivity index (χ0) is 13.8. The van der Waals surface area contributed by atoms with Crippen molar-refractivity contribution < 1.29 is 13.6 Å². The average Bonchev–Trinajstić information content (AvgIpc) is 2.39. The molecule has 1 fully saturated rings. The van der Waals surface area contributed by atoms with Crippen molar-refractivity contribution in [3.8, 4) is 0 Å². The van der Waals surface area contributed by atoms with Crippen molar-refractivity contribution in [2.45, 2.75) is 13.0 Å². The number of amides is 1. The molecular formula is C12H16F2N4O. The number of anilines is 1. The highest BCUT2D eigenvalue weighted by Gasteiger charge is 2.30. The van der Waals surface area contributed by atoms with E-state index in [9.17, 15) is 13.6 Å². The summed E-state index contributed by atoms with van der Waals surface area (Å²) in [6, 6.07) is 0.236. The topological polar surface area (TPSA) is 57.3 Å². The molecule has 1 aliphatic heterocycles. The first kappa shape index (κ1) is 13.7. The van der Waals surface area contributed by atoms with E-state index in [1.165, 1.54) is 0 Å². The van der Waals surface area contributed by atoms with E-state index in [-0.39, 0.29) is 11.7 Å². The van der Waals surface area contributed by atoms with Crippen LogP contribution in [0.25, 0.3) is 0 Å². The lowest BCUT2D eigenvalue weighted by Crippen LogP contribution is -2.58. The first-order chi connectivity index (χ1) is 9.13. The summed E-state index contributed by atoms with van der Waals surface area (Å²) in [4.78, 5) is 17.3. The smallest absolute Gasteiger partial charge is 0.244 e. The second-order valence-electron chi connectivity index (χ2n) is 4.27. The van der Waals surface area contributed by atoms with Crippen LogP contribution in [0.15, 0.2) is 12.3 Å². The van der Waals surface area contributed by atoms with Crippen LogP contribution < -0.4 is 15.5 Å². The Morgan fingerprint density at radius 1 is 1.63 bits per heavy atom. The van der Waals surface area contributed by atoms with E-state index in [1.807, 2.05) is 6.92 Å². The minimum absolute atomic E-state index is 0.0131. The summed E-state index contributed by atoms with van der Waals surface area (Å²) in [6.07, 6.45) is 0.954. The molecule has 0 saturated carbocycles. The van der Waals surface area contributed by atoms with Crippen molar-refractivity contribution >= 4 is 11.7 Å². The summed E-state index contributed by atoms with van der Waals surface area (Å²) in [5, 5.41) is 5.78. The molecule has 1 aromatic rings. The highest BCUT2D eigenvalue weighted by molar-refractivity contribution is 5.85. The van der Waals surface area contributed by atoms with Gasteiger partial charge in [0.1, 0.15) is 11.9 Å². The highest BCUT2D eigenvalue weighted by atomic mass is 19.1. The van der Waals surface area contributed by atoms with Crippen molar-refractivity contribution in [2.24, 2.45) is 0 Å². The molecule has 1 amide bonds. The SMILES string of the molecule is CCNC(=O)C1CNCCN1c1ncc(F)cc1F. The number of carbonyl (C=O) groups is 1. The molecule has 19 heavy (non-hydrogen) atoms. The van der Waals surface area contributed by atoms with Crippen LogP contribution in [0.2, 0.25) is 0 Å². The highest BCUT2D eigenvalue weighted by Crippen LogP contribution is 2.20. The Bertz CT molecular complexity index is 469. The molecule has 0 aromatic carbocycles. The summed E-state index contributed by atoms with van der Waals surface area (Å²) >= 11 is 0. The Hall–Kier alpha value is -1.76. The zero-order valence-electron chi connectivity index (χ0n) is 10.6. The van der Waals surface area contributed by atoms with Crippen LogP contribution in [0.5, 0.6) is 0 Å². The summed E-state index contributed by atoms with van der Waals surface area (Å²) < 4.78 is 26.6. The third-order valence-corrected chi connectivity index (χ3v) is 2.96. The average molecular weight is 270 g/mol. The number of pyridine rings is 1. The number of carbonyl (C=O) groups excluding carboxylic acids is 1. The van der Waals surface area contributed by atoms with Gasteiger partial charge in [-0.15, -0.1) is 0 Å². The third kappa shape index (κ3) is 2.98. The number of hydrogen-bond donors (Lipinski definition) is 2. The predicted octanol–water partition coefficient (Wildman–Crippen LogP) is 0.274. The number of piperazine rings is 1. The fourth-order valence-electron chi connectivity index (χ4n) is 2.10. The summed E-state index contributed by atoms with van der Waals surface area (Å²) in [5.41, 5.74) is 0. The standard InChI is InChI=1S/C12H16F2N4O/c1-2-16-12(19)10-7-15-3-4-18(10)11-9(14)5-8(13)6-17-11/h5-6,10,15H,2-4,7H2,1H3,(H,16,19). The largest absolute Gasteiger partial charge is 0.355 e. The van der Waals surface area contributed by atoms with Crippen LogP contribution in [-0.2, 0) is 4.79 Å². The van der Waals surface area contributed by atoms with E-state index >= 15 is 0 Å². The lowest BCUT2D eigenvalue weighted by molar-refractivity contribution is -0.122. The van der Waals surface area contributed by atoms with Gasteiger partial charge in [-0.3, -0.25) is 4.79 Å². The van der Waals surface area contributed by atoms with E-state index < -0.39 is 17.7 Å². The number of halogens is 2. The second-order valence-corrected chi connectivity index (χ2v) is 4.27. The molecule has 2 heterocycles. The molecule has 5 nitrogen and oxygen atoms in total. The number of hydrogen-bond acceptors (Lipinski definition) is 4. The first-order valence-corrected chi connectivity index (χ1v) is 6.19. The lowest BCUT2D eigenvalue weighted by atomic mass is 10.1. The molecule has 0 spiro atoms. The molecule has 0 aliphatic carbocycles. The maximum Gasteiger partial charge on any atom is 0.244 e. The Balaban J connectivity index is 2.26. The number of rotatable bonds is 3. The van der Waals surface area contributed by atoms with Crippen LogP contribution in [0, 0.1) is 11.6 Å². The van der Waals surface area contributed by atoms with Crippen LogP contribution in [0.1, 0.15) is 6.92 Å². The number of nitrogens with one attached hydrogen (secondary N) is 2. The van der Waals surface area contributed by atoms with Gasteiger partial charge in [0, 0.05) is 32.2 Å². The van der Waals surface area contributed by atoms with Gasteiger partial charge in [-0.2, -0.15) is 0 Å². The van der Waals surface area contributed by atoms with Gasteiger partial charge < -0.3 is 15.5 Å². The minimum atomic E-state index is -0.754. The van der Waals surface area contributed by atoms with Gasteiger partial charge in [0.05, 0.1) is 6.20 Å². The fourth-order valence-corrected chi connectivity index (χ4v) is 2.10. The molecule has 2 rings (SSSR count). The van der Waals surface area contributed by atoms with E-state index in [4.69, 9.17) is 0 Å². The molecule has 1 aromatic heterocycles. The first-order valence-electron chi connectivity index (χ1n) is 6.19. The van der Waals surface area contributed by atoms with E-state index in [0.29, 0.717) is 26.2 Å². The maximum atomic E-state index is 13.8. The number of aromatic nitrogens is 1. The number of nitrogens with zero attached hydrogens (tertiary/aromatic N) is 2. The van der Waals surface area contributed by atoms with Crippen LogP contribution in [0.4, 0.5) is 14.6 Å². The van der Waals surface area contributed by atoms with Crippen LogP contribution in [-0.4, -0.2) is 43.1 Å². The zero-order valence-corrected chi connectivity index (χ0v) is 10.6. The van der Waals surface area contributed by atoms with Crippen molar-refractivity contribution in [2.75, 3.05) is 31.1 Å². The van der Waals surface area contributed by atoms with Gasteiger partial charge in [-0.05, 0) is 6.92 Å². The maximum absolute atomic E-state index is 13.8. The summed E-state index contributed by atoms with van der Waals surface area (Å²) in [5.74, 6) is -1.67. The molecule has 0 radical (unpaired) electrons. The Morgan fingerprint density at radius 2 is 2.42 bits per heavy atom. The van der Waals surface area contributed by atoms with E-state index in [1.54, 1.807) is 4.90 Å². The molecular weight excluding hydrogens is 254 g/mol. The van der Waals surface area contributed by atoms with Crippen molar-refractivity contribution in [1.29, 1.82) is 0 Å². The third-order valence-electron chi connectivity index (χ3n) is 2.96. The van der Waals surface area contributed by atoms with Gasteiger partial charge in [0.25, 0.3) is 0 Å². The molecule has 1 aliphatic rings. The Labute approximate surface area is 110 Å². The second kappa shape index (κ2) is 5.92. The molecule has 7 heteroatoms. The molecule has 0 bridgehead atoms. The molecule has 1 saturated heterocycles.